The van der Waals surface area contributed by atoms with E-state index in [9.17, 15) is 13.2 Å². The predicted molar refractivity (Wildman–Crippen MR) is 113 cm³/mol. The molecule has 2 aromatic rings. The van der Waals surface area contributed by atoms with E-state index >= 15 is 0 Å². The zero-order chi connectivity index (χ0) is 20.1. The maximum atomic E-state index is 13.1. The topological polar surface area (TPSA) is 69.7 Å². The van der Waals surface area contributed by atoms with Gasteiger partial charge in [0.1, 0.15) is 0 Å². The summed E-state index contributed by atoms with van der Waals surface area (Å²) >= 11 is 0. The van der Waals surface area contributed by atoms with Gasteiger partial charge in [-0.3, -0.25) is 0 Å². The molecule has 7 heteroatoms. The van der Waals surface area contributed by atoms with Gasteiger partial charge in [-0.05, 0) is 43.3 Å². The molecule has 0 aliphatic carbocycles. The maximum absolute atomic E-state index is 13.1. The van der Waals surface area contributed by atoms with Crippen molar-refractivity contribution in [3.05, 3.63) is 48.0 Å². The first-order valence-corrected chi connectivity index (χ1v) is 11.4. The molecule has 2 aromatic carbocycles. The Bertz CT molecular complexity index is 922. The molecule has 6 nitrogen and oxygen atoms in total. The van der Waals surface area contributed by atoms with Crippen LogP contribution in [0.1, 0.15) is 18.4 Å². The van der Waals surface area contributed by atoms with E-state index in [0.717, 1.165) is 22.9 Å². The Hall–Kier alpha value is -2.12. The summed E-state index contributed by atoms with van der Waals surface area (Å²) < 4.78 is 26.2. The first-order valence-electron chi connectivity index (χ1n) is 9.72. The van der Waals surface area contributed by atoms with Crippen molar-refractivity contribution in [2.75, 3.05) is 40.3 Å². The molecule has 0 radical (unpaired) electrons. The Morgan fingerprint density at radius 1 is 1.18 bits per heavy atom. The lowest BCUT2D eigenvalue weighted by atomic mass is 10.1. The lowest BCUT2D eigenvalue weighted by molar-refractivity contribution is 0.186. The van der Waals surface area contributed by atoms with Crippen molar-refractivity contribution in [1.82, 2.24) is 15.1 Å². The number of nitrogens with zero attached hydrogens (tertiary/aromatic N) is 2. The zero-order valence-corrected chi connectivity index (χ0v) is 17.4. The van der Waals surface area contributed by atoms with Crippen LogP contribution in [-0.2, 0) is 15.6 Å². The largest absolute Gasteiger partial charge is 0.337 e. The average Bonchev–Trinajstić information content (AvgIpc) is 2.68. The van der Waals surface area contributed by atoms with Crippen molar-refractivity contribution in [3.63, 3.8) is 0 Å². The van der Waals surface area contributed by atoms with E-state index < -0.39 is 15.1 Å². The molecule has 1 aliphatic heterocycles. The Balaban J connectivity index is 1.68. The highest BCUT2D eigenvalue weighted by atomic mass is 32.2. The molecule has 1 aliphatic rings. The summed E-state index contributed by atoms with van der Waals surface area (Å²) in [5, 5.41) is 4.38. The summed E-state index contributed by atoms with van der Waals surface area (Å²) in [6, 6.07) is 13.4. The molecule has 1 atom stereocenters. The van der Waals surface area contributed by atoms with Crippen molar-refractivity contribution in [2.24, 2.45) is 0 Å². The highest BCUT2D eigenvalue weighted by Gasteiger charge is 2.32. The van der Waals surface area contributed by atoms with E-state index in [0.29, 0.717) is 25.9 Å². The van der Waals surface area contributed by atoms with Gasteiger partial charge in [-0.2, -0.15) is 0 Å². The van der Waals surface area contributed by atoms with Gasteiger partial charge in [0, 0.05) is 26.2 Å². The second-order valence-corrected chi connectivity index (χ2v) is 9.97. The Labute approximate surface area is 167 Å². The van der Waals surface area contributed by atoms with E-state index in [1.54, 1.807) is 4.90 Å². The van der Waals surface area contributed by atoms with E-state index in [4.69, 9.17) is 0 Å². The first-order chi connectivity index (χ1) is 13.4. The summed E-state index contributed by atoms with van der Waals surface area (Å²) in [4.78, 5) is 16.0. The lowest BCUT2D eigenvalue weighted by Gasteiger charge is -2.32. The van der Waals surface area contributed by atoms with Gasteiger partial charge in [0.15, 0.2) is 9.84 Å². The number of carbonyl (C=O) groups excluding carboxylic acids is 1. The van der Waals surface area contributed by atoms with E-state index in [1.165, 1.54) is 0 Å². The summed E-state index contributed by atoms with van der Waals surface area (Å²) in [6.45, 7) is 2.17. The fourth-order valence-corrected chi connectivity index (χ4v) is 5.52. The minimum Gasteiger partial charge on any atom is -0.337 e. The number of nitrogens with one attached hydrogen (secondary N) is 1. The van der Waals surface area contributed by atoms with Gasteiger partial charge in [0.2, 0.25) is 0 Å². The van der Waals surface area contributed by atoms with Crippen LogP contribution in [-0.4, -0.2) is 69.8 Å². The highest BCUT2D eigenvalue weighted by molar-refractivity contribution is 7.91. The number of rotatable bonds is 6. The molecule has 1 heterocycles. The number of carbonyl (C=O) groups is 1. The molecule has 3 rings (SSSR count). The van der Waals surface area contributed by atoms with Crippen molar-refractivity contribution < 1.29 is 13.2 Å². The fourth-order valence-electron chi connectivity index (χ4n) is 3.67. The lowest BCUT2D eigenvalue weighted by Crippen LogP contribution is -2.50. The van der Waals surface area contributed by atoms with Gasteiger partial charge in [0.25, 0.3) is 0 Å². The van der Waals surface area contributed by atoms with Crippen molar-refractivity contribution in [2.45, 2.75) is 23.8 Å². The second kappa shape index (κ2) is 8.92. The normalized spacial score (nSPS) is 17.8. The molecule has 1 N–H and O–H groups in total. The van der Waals surface area contributed by atoms with Crippen LogP contribution in [0.3, 0.4) is 0 Å². The Morgan fingerprint density at radius 3 is 2.71 bits per heavy atom. The minimum atomic E-state index is -3.36. The van der Waals surface area contributed by atoms with Gasteiger partial charge in [0.05, 0.1) is 11.0 Å². The molecular weight excluding hydrogens is 374 g/mol. The molecule has 1 fully saturated rings. The number of likely N-dealkylation sites (tertiary alicyclic amines) is 1. The molecule has 1 saturated heterocycles. The number of amides is 2. The zero-order valence-electron chi connectivity index (χ0n) is 16.6. The van der Waals surface area contributed by atoms with Crippen molar-refractivity contribution >= 4 is 26.6 Å². The molecule has 28 heavy (non-hydrogen) atoms. The van der Waals surface area contributed by atoms with Gasteiger partial charge >= 0.3 is 6.03 Å². The maximum Gasteiger partial charge on any atom is 0.317 e. The fraction of sp³-hybridized carbons (Fsp3) is 0.476. The third kappa shape index (κ3) is 5.02. The van der Waals surface area contributed by atoms with Crippen LogP contribution in [0.5, 0.6) is 0 Å². The number of likely N-dealkylation sites (N-methyl/N-ethyl adjacent to an activating group) is 1. The van der Waals surface area contributed by atoms with Crippen molar-refractivity contribution in [1.29, 1.82) is 0 Å². The standard InChI is InChI=1S/C21H29N3O3S/c1-23(2)14-12-22-21(25)24-13-6-10-19(15-24)28(26,27)16-18-9-5-8-17-7-3-4-11-20(17)18/h3-5,7-9,11,19H,6,10,12-16H2,1-2H3,(H,22,25). The summed E-state index contributed by atoms with van der Waals surface area (Å²) in [6.07, 6.45) is 1.31. The molecule has 2 amide bonds. The predicted octanol–water partition coefficient (Wildman–Crippen LogP) is 2.49. The Kier molecular flexibility index (Phi) is 6.57. The summed E-state index contributed by atoms with van der Waals surface area (Å²) in [5.74, 6) is 0.00904. The van der Waals surface area contributed by atoms with Gasteiger partial charge in [-0.25, -0.2) is 13.2 Å². The minimum absolute atomic E-state index is 0.00904. The third-order valence-electron chi connectivity index (χ3n) is 5.25. The molecule has 0 spiro atoms. The molecule has 0 bridgehead atoms. The molecular formula is C21H29N3O3S. The monoisotopic (exact) mass is 403 g/mol. The first kappa shape index (κ1) is 20.6. The molecule has 0 saturated carbocycles. The van der Waals surface area contributed by atoms with Crippen LogP contribution < -0.4 is 5.32 Å². The quantitative estimate of drug-likeness (QED) is 0.805. The number of sulfone groups is 1. The van der Waals surface area contributed by atoms with Crippen LogP contribution in [0.15, 0.2) is 42.5 Å². The van der Waals surface area contributed by atoms with Gasteiger partial charge < -0.3 is 15.1 Å². The van der Waals surface area contributed by atoms with Crippen molar-refractivity contribution in [3.8, 4) is 0 Å². The summed E-state index contributed by atoms with van der Waals surface area (Å²) in [7, 11) is 0.537. The second-order valence-electron chi connectivity index (χ2n) is 7.69. The van der Waals surface area contributed by atoms with Crippen LogP contribution in [0, 0.1) is 0 Å². The van der Waals surface area contributed by atoms with Crippen LogP contribution in [0.25, 0.3) is 10.8 Å². The Morgan fingerprint density at radius 2 is 1.93 bits per heavy atom. The van der Waals surface area contributed by atoms with E-state index in [1.807, 2.05) is 61.5 Å². The van der Waals surface area contributed by atoms with Crippen LogP contribution >= 0.6 is 0 Å². The number of hydrogen-bond acceptors (Lipinski definition) is 4. The number of benzene rings is 2. The molecule has 0 aromatic heterocycles. The molecule has 1 unspecified atom stereocenters. The van der Waals surface area contributed by atoms with Crippen LogP contribution in [0.2, 0.25) is 0 Å². The van der Waals surface area contributed by atoms with E-state index in [2.05, 4.69) is 5.32 Å². The van der Waals surface area contributed by atoms with E-state index in [-0.39, 0.29) is 18.3 Å². The summed E-state index contributed by atoms with van der Waals surface area (Å²) in [5.41, 5.74) is 0.825. The SMILES string of the molecule is CN(C)CCNC(=O)N1CCCC(S(=O)(=O)Cc2cccc3ccccc23)C1. The van der Waals surface area contributed by atoms with Crippen LogP contribution in [0.4, 0.5) is 4.79 Å². The number of hydrogen-bond donors (Lipinski definition) is 1. The average molecular weight is 404 g/mol. The smallest absolute Gasteiger partial charge is 0.317 e. The molecule has 152 valence electrons. The number of urea groups is 1. The third-order valence-corrected chi connectivity index (χ3v) is 7.36. The number of fused-ring (bicyclic) bond motifs is 1. The van der Waals surface area contributed by atoms with Gasteiger partial charge in [-0.1, -0.05) is 42.5 Å². The number of piperidine rings is 1. The highest BCUT2D eigenvalue weighted by Crippen LogP contribution is 2.25. The van der Waals surface area contributed by atoms with Gasteiger partial charge in [-0.15, -0.1) is 0 Å².